The highest BCUT2D eigenvalue weighted by atomic mass is 35.5. The first-order chi connectivity index (χ1) is 10.0. The van der Waals surface area contributed by atoms with Crippen LogP contribution in [0, 0.1) is 0 Å². The third kappa shape index (κ3) is 5.17. The molecule has 0 atom stereocenters. The van der Waals surface area contributed by atoms with Crippen LogP contribution in [0.2, 0.25) is 5.02 Å². The van der Waals surface area contributed by atoms with Gasteiger partial charge in [-0.1, -0.05) is 23.7 Å². The van der Waals surface area contributed by atoms with Crippen LogP contribution >= 0.6 is 22.9 Å². The van der Waals surface area contributed by atoms with Crippen LogP contribution in [0.3, 0.4) is 0 Å². The summed E-state index contributed by atoms with van der Waals surface area (Å²) in [6.45, 7) is 0.410. The summed E-state index contributed by atoms with van der Waals surface area (Å²) in [4.78, 5) is 26.3. The third-order valence-electron chi connectivity index (χ3n) is 2.64. The lowest BCUT2D eigenvalue weighted by molar-refractivity contribution is -0.304. The Morgan fingerprint density at radius 2 is 1.95 bits per heavy atom. The maximum atomic E-state index is 11.8. The molecule has 5 nitrogen and oxygen atoms in total. The molecule has 21 heavy (non-hydrogen) atoms. The van der Waals surface area contributed by atoms with Crippen LogP contribution in [-0.2, 0) is 29.0 Å². The van der Waals surface area contributed by atoms with Gasteiger partial charge in [0, 0.05) is 29.3 Å². The number of nitrogens with one attached hydrogen (secondary N) is 1. The van der Waals surface area contributed by atoms with Crippen molar-refractivity contribution in [2.45, 2.75) is 19.4 Å². The molecule has 2 aromatic rings. The van der Waals surface area contributed by atoms with Gasteiger partial charge in [0.1, 0.15) is 5.01 Å². The Morgan fingerprint density at radius 1 is 1.24 bits per heavy atom. The summed E-state index contributed by atoms with van der Waals surface area (Å²) in [5.74, 6) is -1.35. The molecule has 0 saturated heterocycles. The average molecular weight is 324 g/mol. The molecule has 0 radical (unpaired) electrons. The first-order valence-electron chi connectivity index (χ1n) is 6.17. The van der Waals surface area contributed by atoms with E-state index in [2.05, 4.69) is 10.3 Å². The number of carbonyl (C=O) groups is 2. The van der Waals surface area contributed by atoms with Crippen molar-refractivity contribution in [3.63, 3.8) is 0 Å². The summed E-state index contributed by atoms with van der Waals surface area (Å²) >= 11 is 7.04. The first-order valence-corrected chi connectivity index (χ1v) is 7.43. The predicted octanol–water partition coefficient (Wildman–Crippen LogP) is 0.948. The minimum Gasteiger partial charge on any atom is -0.550 e. The number of amides is 1. The van der Waals surface area contributed by atoms with Crippen LogP contribution in [0.5, 0.6) is 0 Å². The molecular weight excluding hydrogens is 312 g/mol. The second kappa shape index (κ2) is 7.19. The Hall–Kier alpha value is -1.92. The molecule has 0 aliphatic heterocycles. The quantitative estimate of drug-likeness (QED) is 0.858. The summed E-state index contributed by atoms with van der Waals surface area (Å²) in [5, 5.41) is 16.1. The molecule has 7 heteroatoms. The number of benzene rings is 1. The molecular formula is C14H12ClN2O3S-. The highest BCUT2D eigenvalue weighted by Gasteiger charge is 2.08. The summed E-state index contributed by atoms with van der Waals surface area (Å²) in [5.41, 5.74) is 1.37. The molecule has 0 aliphatic rings. The summed E-state index contributed by atoms with van der Waals surface area (Å²) in [6, 6.07) is 7.19. The van der Waals surface area contributed by atoms with E-state index in [-0.39, 0.29) is 18.7 Å². The largest absolute Gasteiger partial charge is 0.550 e. The Balaban J connectivity index is 1.82. The van der Waals surface area contributed by atoms with Crippen molar-refractivity contribution in [3.8, 4) is 0 Å². The molecule has 1 aromatic carbocycles. The van der Waals surface area contributed by atoms with Crippen LogP contribution in [0.15, 0.2) is 29.6 Å². The van der Waals surface area contributed by atoms with Crippen LogP contribution in [0.1, 0.15) is 16.3 Å². The van der Waals surface area contributed by atoms with E-state index in [0.29, 0.717) is 22.3 Å². The lowest BCUT2D eigenvalue weighted by atomic mass is 10.2. The van der Waals surface area contributed by atoms with Gasteiger partial charge in [0.2, 0.25) is 5.91 Å². The SMILES string of the molecule is O=C([O-])Cc1csc(CC(=O)NCc2ccc(Cl)cc2)n1. The van der Waals surface area contributed by atoms with Gasteiger partial charge < -0.3 is 15.2 Å². The molecule has 0 spiro atoms. The second-order valence-electron chi connectivity index (χ2n) is 4.36. The number of thiazole rings is 1. The number of hydrogen-bond donors (Lipinski definition) is 1. The summed E-state index contributed by atoms with van der Waals surface area (Å²) < 4.78 is 0. The normalized spacial score (nSPS) is 10.3. The van der Waals surface area contributed by atoms with Crippen molar-refractivity contribution >= 4 is 34.8 Å². The number of rotatable bonds is 6. The first kappa shape index (κ1) is 15.5. The Kier molecular flexibility index (Phi) is 5.30. The molecule has 110 valence electrons. The van der Waals surface area contributed by atoms with E-state index in [1.807, 2.05) is 12.1 Å². The number of nitrogens with zero attached hydrogens (tertiary/aromatic N) is 1. The van der Waals surface area contributed by atoms with Gasteiger partial charge in [0.15, 0.2) is 0 Å². The minimum atomic E-state index is -1.18. The Morgan fingerprint density at radius 3 is 2.62 bits per heavy atom. The zero-order valence-corrected chi connectivity index (χ0v) is 12.5. The lowest BCUT2D eigenvalue weighted by Crippen LogP contribution is -2.25. The maximum Gasteiger partial charge on any atom is 0.227 e. The fourth-order valence-electron chi connectivity index (χ4n) is 1.66. The summed E-state index contributed by atoms with van der Waals surface area (Å²) in [6.07, 6.45) is -0.103. The molecule has 0 fully saturated rings. The fraction of sp³-hybridized carbons (Fsp3) is 0.214. The van der Waals surface area contributed by atoms with Crippen molar-refractivity contribution in [2.75, 3.05) is 0 Å². The van der Waals surface area contributed by atoms with Gasteiger partial charge in [-0.25, -0.2) is 4.98 Å². The van der Waals surface area contributed by atoms with E-state index < -0.39 is 5.97 Å². The van der Waals surface area contributed by atoms with Gasteiger partial charge in [-0.15, -0.1) is 11.3 Å². The van der Waals surface area contributed by atoms with Gasteiger partial charge in [-0.05, 0) is 17.7 Å². The molecule has 0 saturated carbocycles. The van der Waals surface area contributed by atoms with Crippen molar-refractivity contribution < 1.29 is 14.7 Å². The van der Waals surface area contributed by atoms with Gasteiger partial charge in [0.25, 0.3) is 0 Å². The Labute approximate surface area is 130 Å². The van der Waals surface area contributed by atoms with Crippen LogP contribution in [0.4, 0.5) is 0 Å². The average Bonchev–Trinajstić information content (AvgIpc) is 2.84. The van der Waals surface area contributed by atoms with Crippen molar-refractivity contribution in [2.24, 2.45) is 0 Å². The van der Waals surface area contributed by atoms with Crippen LogP contribution in [0.25, 0.3) is 0 Å². The lowest BCUT2D eigenvalue weighted by Gasteiger charge is -2.04. The van der Waals surface area contributed by atoms with Crippen molar-refractivity contribution in [3.05, 3.63) is 50.9 Å². The fourth-order valence-corrected chi connectivity index (χ4v) is 2.58. The molecule has 1 aromatic heterocycles. The van der Waals surface area contributed by atoms with E-state index in [1.54, 1.807) is 17.5 Å². The van der Waals surface area contributed by atoms with Crippen LogP contribution in [-0.4, -0.2) is 16.9 Å². The zero-order valence-electron chi connectivity index (χ0n) is 11.0. The topological polar surface area (TPSA) is 82.1 Å². The number of aliphatic carboxylic acids is 1. The number of carboxylic acid groups (broad SMARTS) is 1. The number of halogens is 1. The van der Waals surface area contributed by atoms with E-state index in [1.165, 1.54) is 11.3 Å². The van der Waals surface area contributed by atoms with E-state index in [9.17, 15) is 14.7 Å². The van der Waals surface area contributed by atoms with Gasteiger partial charge in [-0.2, -0.15) is 0 Å². The Bertz CT molecular complexity index is 640. The molecule has 1 amide bonds. The van der Waals surface area contributed by atoms with E-state index >= 15 is 0 Å². The van der Waals surface area contributed by atoms with Gasteiger partial charge >= 0.3 is 0 Å². The minimum absolute atomic E-state index is 0.130. The molecule has 1 N–H and O–H groups in total. The molecule has 2 rings (SSSR count). The molecule has 1 heterocycles. The monoisotopic (exact) mass is 323 g/mol. The number of hydrogen-bond acceptors (Lipinski definition) is 5. The van der Waals surface area contributed by atoms with E-state index in [4.69, 9.17) is 11.6 Å². The summed E-state index contributed by atoms with van der Waals surface area (Å²) in [7, 11) is 0. The predicted molar refractivity (Wildman–Crippen MR) is 77.8 cm³/mol. The number of carbonyl (C=O) groups excluding carboxylic acids is 2. The molecule has 0 aliphatic carbocycles. The van der Waals surface area contributed by atoms with Crippen molar-refractivity contribution in [1.29, 1.82) is 0 Å². The smallest absolute Gasteiger partial charge is 0.227 e. The van der Waals surface area contributed by atoms with Crippen molar-refractivity contribution in [1.82, 2.24) is 10.3 Å². The van der Waals surface area contributed by atoms with E-state index in [0.717, 1.165) is 5.56 Å². The highest BCUT2D eigenvalue weighted by molar-refractivity contribution is 7.09. The standard InChI is InChI=1S/C14H13ClN2O3S/c15-10-3-1-9(2-4-10)7-16-12(18)6-13-17-11(8-21-13)5-14(19)20/h1-4,8H,5-7H2,(H,16,18)(H,19,20)/p-1. The zero-order chi connectivity index (χ0) is 15.2. The maximum absolute atomic E-state index is 11.8. The van der Waals surface area contributed by atoms with Gasteiger partial charge in [-0.3, -0.25) is 4.79 Å². The molecule has 0 bridgehead atoms. The third-order valence-corrected chi connectivity index (χ3v) is 3.79. The highest BCUT2D eigenvalue weighted by Crippen LogP contribution is 2.11. The molecule has 0 unspecified atom stereocenters. The van der Waals surface area contributed by atoms with Crippen LogP contribution < -0.4 is 10.4 Å². The second-order valence-corrected chi connectivity index (χ2v) is 5.74. The van der Waals surface area contributed by atoms with Gasteiger partial charge in [0.05, 0.1) is 12.1 Å². The number of aromatic nitrogens is 1. The number of carboxylic acids is 1.